The standard InChI is InChI=1S/C23H19N3O6/c1-31-11-2-4-15(18(8-11)26(29)30)19-7-3-12(32-19)10-24-25-22(27)20-13-5-6-14(17-9-16(13)17)21(20)23(25)28/h2-8,10,13-14,16-17,20-21H,9H2,1H3/b24-10-/t13-,14-,16-,17-,20-,21+/m1/s1. The average Bonchev–Trinajstić information content (AvgIpc) is 3.44. The van der Waals surface area contributed by atoms with Crippen LogP contribution in [0.1, 0.15) is 12.2 Å². The van der Waals surface area contributed by atoms with Crippen LogP contribution in [-0.4, -0.2) is 35.1 Å². The summed E-state index contributed by atoms with van der Waals surface area (Å²) in [6.45, 7) is 0. The van der Waals surface area contributed by atoms with E-state index < -0.39 is 4.92 Å². The SMILES string of the molecule is COc1ccc(-c2ccc(/C=N\N3C(=O)[C@@H]4[C@@H]5C=C[C@H]([C@H]6C[C@H]56)[C@@H]4C3=O)o2)c([N+](=O)[O-])c1. The Balaban J connectivity index is 1.25. The lowest BCUT2D eigenvalue weighted by atomic mass is 9.63. The molecule has 0 N–H and O–H groups in total. The van der Waals surface area contributed by atoms with Gasteiger partial charge in [-0.15, -0.1) is 0 Å². The summed E-state index contributed by atoms with van der Waals surface area (Å²) in [6.07, 6.45) is 6.63. The van der Waals surface area contributed by atoms with Crippen LogP contribution in [0.2, 0.25) is 0 Å². The minimum atomic E-state index is -0.510. The van der Waals surface area contributed by atoms with E-state index in [1.165, 1.54) is 19.4 Å². The number of rotatable bonds is 5. The van der Waals surface area contributed by atoms with Crippen LogP contribution >= 0.6 is 0 Å². The summed E-state index contributed by atoms with van der Waals surface area (Å²) < 4.78 is 10.8. The quantitative estimate of drug-likeness (QED) is 0.235. The van der Waals surface area contributed by atoms with Gasteiger partial charge in [-0.05, 0) is 54.4 Å². The number of methoxy groups -OCH3 is 1. The number of allylic oxidation sites excluding steroid dienone is 2. The summed E-state index contributed by atoms with van der Waals surface area (Å²) in [6, 6.07) is 7.65. The number of benzene rings is 1. The number of nitro groups is 1. The lowest BCUT2D eigenvalue weighted by Crippen LogP contribution is -2.40. The van der Waals surface area contributed by atoms with Gasteiger partial charge < -0.3 is 9.15 Å². The van der Waals surface area contributed by atoms with Crippen molar-refractivity contribution in [1.82, 2.24) is 5.01 Å². The molecule has 3 fully saturated rings. The van der Waals surface area contributed by atoms with Crippen molar-refractivity contribution in [1.29, 1.82) is 0 Å². The van der Waals surface area contributed by atoms with Gasteiger partial charge in [0.05, 0.1) is 41.7 Å². The molecule has 0 radical (unpaired) electrons. The molecule has 5 aliphatic rings. The highest BCUT2D eigenvalue weighted by molar-refractivity contribution is 6.06. The van der Waals surface area contributed by atoms with E-state index in [0.717, 1.165) is 11.4 Å². The zero-order valence-corrected chi connectivity index (χ0v) is 17.1. The number of nitro benzene ring substituents is 1. The van der Waals surface area contributed by atoms with Gasteiger partial charge in [0.25, 0.3) is 17.5 Å². The molecule has 1 aromatic heterocycles. The van der Waals surface area contributed by atoms with E-state index in [2.05, 4.69) is 17.3 Å². The molecule has 9 heteroatoms. The zero-order chi connectivity index (χ0) is 22.1. The highest BCUT2D eigenvalue weighted by atomic mass is 16.6. The molecule has 7 rings (SSSR count). The monoisotopic (exact) mass is 433 g/mol. The number of amides is 2. The third-order valence-corrected chi connectivity index (χ3v) is 7.23. The number of carbonyl (C=O) groups is 2. The van der Waals surface area contributed by atoms with E-state index in [0.29, 0.717) is 17.6 Å². The van der Waals surface area contributed by atoms with Crippen molar-refractivity contribution in [2.75, 3.05) is 7.11 Å². The van der Waals surface area contributed by atoms with Gasteiger partial charge in [-0.25, -0.2) is 0 Å². The molecule has 2 amide bonds. The number of hydrogen-bond acceptors (Lipinski definition) is 7. The number of hydrazone groups is 1. The number of ether oxygens (including phenoxy) is 1. The average molecular weight is 433 g/mol. The molecular formula is C23H19N3O6. The summed E-state index contributed by atoms with van der Waals surface area (Å²) in [5.41, 5.74) is 0.134. The smallest absolute Gasteiger partial charge is 0.284 e. The van der Waals surface area contributed by atoms with Crippen LogP contribution in [-0.2, 0) is 9.59 Å². The minimum absolute atomic E-state index is 0.137. The molecule has 2 bridgehead atoms. The molecule has 2 saturated carbocycles. The van der Waals surface area contributed by atoms with Gasteiger partial charge in [-0.2, -0.15) is 10.1 Å². The fourth-order valence-electron chi connectivity index (χ4n) is 5.73. The summed E-state index contributed by atoms with van der Waals surface area (Å²) in [5.74, 6) is 1.12. The van der Waals surface area contributed by atoms with Crippen molar-refractivity contribution < 1.29 is 23.7 Å². The molecule has 1 aliphatic heterocycles. The third-order valence-electron chi connectivity index (χ3n) is 7.23. The van der Waals surface area contributed by atoms with Crippen LogP contribution in [0.15, 0.2) is 52.0 Å². The van der Waals surface area contributed by atoms with Gasteiger partial charge in [0.1, 0.15) is 17.3 Å². The first-order valence-corrected chi connectivity index (χ1v) is 10.5. The normalized spacial score (nSPS) is 31.8. The first-order chi connectivity index (χ1) is 15.5. The Morgan fingerprint density at radius 2 is 1.81 bits per heavy atom. The largest absolute Gasteiger partial charge is 0.497 e. The third kappa shape index (κ3) is 2.60. The molecule has 4 aliphatic carbocycles. The Morgan fingerprint density at radius 1 is 1.12 bits per heavy atom. The Hall–Kier alpha value is -3.75. The van der Waals surface area contributed by atoms with Gasteiger partial charge in [0, 0.05) is 0 Å². The minimum Gasteiger partial charge on any atom is -0.497 e. The van der Waals surface area contributed by atoms with Crippen molar-refractivity contribution in [3.05, 3.63) is 58.4 Å². The Morgan fingerprint density at radius 3 is 2.44 bits per heavy atom. The predicted octanol–water partition coefficient (Wildman–Crippen LogP) is 3.25. The fraction of sp³-hybridized carbons (Fsp3) is 0.348. The molecule has 1 saturated heterocycles. The Bertz CT molecular complexity index is 1190. The summed E-state index contributed by atoms with van der Waals surface area (Å²) in [5, 5.41) is 16.6. The van der Waals surface area contributed by atoms with Crippen molar-refractivity contribution in [3.8, 4) is 17.1 Å². The van der Waals surface area contributed by atoms with E-state index in [-0.39, 0.29) is 58.3 Å². The Kier molecular flexibility index (Phi) is 3.93. The molecule has 0 spiro atoms. The van der Waals surface area contributed by atoms with E-state index >= 15 is 0 Å². The van der Waals surface area contributed by atoms with Crippen LogP contribution < -0.4 is 4.74 Å². The molecular weight excluding hydrogens is 414 g/mol. The highest BCUT2D eigenvalue weighted by Gasteiger charge is 2.67. The van der Waals surface area contributed by atoms with Crippen molar-refractivity contribution in [2.45, 2.75) is 6.42 Å². The van der Waals surface area contributed by atoms with Crippen LogP contribution in [0.3, 0.4) is 0 Å². The van der Waals surface area contributed by atoms with Gasteiger partial charge >= 0.3 is 0 Å². The summed E-state index contributed by atoms with van der Waals surface area (Å²) in [4.78, 5) is 36.9. The number of furan rings is 1. The lowest BCUT2D eigenvalue weighted by Gasteiger charge is -2.37. The van der Waals surface area contributed by atoms with Crippen LogP contribution in [0.25, 0.3) is 11.3 Å². The number of carbonyl (C=O) groups excluding carboxylic acids is 2. The first kappa shape index (κ1) is 19.0. The zero-order valence-electron chi connectivity index (χ0n) is 17.1. The lowest BCUT2D eigenvalue weighted by molar-refractivity contribution is -0.384. The van der Waals surface area contributed by atoms with Crippen molar-refractivity contribution >= 4 is 23.7 Å². The van der Waals surface area contributed by atoms with E-state index in [9.17, 15) is 19.7 Å². The molecule has 32 heavy (non-hydrogen) atoms. The molecule has 9 nitrogen and oxygen atoms in total. The van der Waals surface area contributed by atoms with E-state index in [4.69, 9.17) is 9.15 Å². The molecule has 2 aromatic rings. The fourth-order valence-corrected chi connectivity index (χ4v) is 5.73. The Labute approximate surface area is 182 Å². The maximum Gasteiger partial charge on any atom is 0.284 e. The van der Waals surface area contributed by atoms with Gasteiger partial charge in [-0.3, -0.25) is 19.7 Å². The number of imide groups is 1. The van der Waals surface area contributed by atoms with Crippen LogP contribution in [0.5, 0.6) is 5.75 Å². The summed E-state index contributed by atoms with van der Waals surface area (Å²) >= 11 is 0. The van der Waals surface area contributed by atoms with Gasteiger partial charge in [0.2, 0.25) is 0 Å². The van der Waals surface area contributed by atoms with Gasteiger partial charge in [-0.1, -0.05) is 12.2 Å². The maximum atomic E-state index is 13.0. The van der Waals surface area contributed by atoms with Crippen LogP contribution in [0, 0.1) is 45.6 Å². The van der Waals surface area contributed by atoms with Crippen LogP contribution in [0.4, 0.5) is 5.69 Å². The highest BCUT2D eigenvalue weighted by Crippen LogP contribution is 2.65. The van der Waals surface area contributed by atoms with Crippen molar-refractivity contribution in [2.24, 2.45) is 40.6 Å². The molecule has 162 valence electrons. The molecule has 2 heterocycles. The predicted molar refractivity (Wildman–Crippen MR) is 111 cm³/mol. The number of nitrogens with zero attached hydrogens (tertiary/aromatic N) is 3. The topological polar surface area (TPSA) is 115 Å². The second-order valence-electron chi connectivity index (χ2n) is 8.73. The van der Waals surface area contributed by atoms with E-state index in [1.807, 2.05) is 0 Å². The molecule has 6 atom stereocenters. The molecule has 1 aromatic carbocycles. The summed E-state index contributed by atoms with van der Waals surface area (Å²) in [7, 11) is 1.43. The van der Waals surface area contributed by atoms with Crippen molar-refractivity contribution in [3.63, 3.8) is 0 Å². The number of hydrogen-bond donors (Lipinski definition) is 0. The maximum absolute atomic E-state index is 13.0. The second-order valence-corrected chi connectivity index (χ2v) is 8.73. The van der Waals surface area contributed by atoms with E-state index in [1.54, 1.807) is 24.3 Å². The first-order valence-electron chi connectivity index (χ1n) is 10.5. The molecule has 0 unspecified atom stereocenters. The second kappa shape index (κ2) is 6.62. The van der Waals surface area contributed by atoms with Gasteiger partial charge in [0.15, 0.2) is 0 Å².